The Bertz CT molecular complexity index is 3290. The van der Waals surface area contributed by atoms with Crippen molar-refractivity contribution in [2.24, 2.45) is 16.7 Å². The van der Waals surface area contributed by atoms with Crippen molar-refractivity contribution in [2.75, 3.05) is 21.7 Å². The Balaban J connectivity index is 1.15. The van der Waals surface area contributed by atoms with Crippen LogP contribution in [0.15, 0.2) is 155 Å². The minimum atomic E-state index is -0.299. The second kappa shape index (κ2) is 17.4. The van der Waals surface area contributed by atoms with Gasteiger partial charge in [0.05, 0.1) is 17.4 Å². The molecule has 5 unspecified atom stereocenters. The Labute approximate surface area is 440 Å². The second-order valence-corrected chi connectivity index (χ2v) is 26.9. The van der Waals surface area contributed by atoms with Crippen LogP contribution in [0.1, 0.15) is 141 Å². The molecule has 1 saturated carbocycles. The number of para-hydroxylation sites is 2. The number of hydrogen-bond acceptors (Lipinski definition) is 5. The van der Waals surface area contributed by atoms with Crippen LogP contribution in [-0.4, -0.2) is 18.8 Å². The normalized spacial score (nSPS) is 26.0. The van der Waals surface area contributed by atoms with Crippen molar-refractivity contribution >= 4 is 73.6 Å². The topological polar surface area (TPSA) is 31.7 Å². The highest BCUT2D eigenvalue weighted by atomic mass is 32.1. The molecule has 4 aliphatic carbocycles. The van der Waals surface area contributed by atoms with E-state index in [-0.39, 0.29) is 51.6 Å². The molecule has 2 aromatic heterocycles. The molecule has 0 saturated heterocycles. The Morgan fingerprint density at radius 3 is 2.05 bits per heavy atom. The van der Waals surface area contributed by atoms with Crippen molar-refractivity contribution in [3.63, 3.8) is 0 Å². The monoisotopic (exact) mass is 982 g/mol. The number of fused-ring (bicyclic) bond motifs is 8. The van der Waals surface area contributed by atoms with Crippen molar-refractivity contribution < 1.29 is 4.42 Å². The van der Waals surface area contributed by atoms with Gasteiger partial charge in [-0.05, 0) is 169 Å². The third-order valence-corrected chi connectivity index (χ3v) is 20.4. The van der Waals surface area contributed by atoms with Gasteiger partial charge in [0.2, 0.25) is 6.71 Å². The molecule has 12 rings (SSSR count). The third kappa shape index (κ3) is 8.07. The van der Waals surface area contributed by atoms with E-state index in [1.54, 1.807) is 5.57 Å². The molecular formula is C67H76BN3OS. The predicted molar refractivity (Wildman–Crippen MR) is 315 cm³/mol. The van der Waals surface area contributed by atoms with Crippen molar-refractivity contribution in [3.8, 4) is 0 Å². The number of rotatable bonds is 8. The maximum atomic E-state index is 7.87. The number of anilines is 4. The van der Waals surface area contributed by atoms with Crippen LogP contribution in [0.5, 0.6) is 0 Å². The molecular weight excluding hydrogens is 906 g/mol. The smallest absolute Gasteiger partial charge is 0.243 e. The predicted octanol–water partition coefficient (Wildman–Crippen LogP) is 18.1. The number of nitrogens with zero attached hydrogens (tertiary/aromatic N) is 2. The van der Waals surface area contributed by atoms with Gasteiger partial charge >= 0.3 is 0 Å². The molecule has 73 heavy (non-hydrogen) atoms. The van der Waals surface area contributed by atoms with Crippen molar-refractivity contribution in [3.05, 3.63) is 178 Å². The largest absolute Gasteiger partial charge is 0.469 e. The number of aryl methyl sites for hydroxylation is 1. The maximum absolute atomic E-state index is 7.87. The van der Waals surface area contributed by atoms with E-state index in [2.05, 4.69) is 237 Å². The summed E-state index contributed by atoms with van der Waals surface area (Å²) in [5.74, 6) is 0.656. The molecule has 5 aromatic carbocycles. The van der Waals surface area contributed by atoms with Crippen LogP contribution in [0.4, 0.5) is 22.7 Å². The van der Waals surface area contributed by atoms with Crippen molar-refractivity contribution in [2.45, 2.75) is 149 Å². The number of allylic oxidation sites excluding steroid dienone is 2. The summed E-state index contributed by atoms with van der Waals surface area (Å²) in [6.45, 7) is 28.1. The lowest BCUT2D eigenvalue weighted by Crippen LogP contribution is -2.59. The highest BCUT2D eigenvalue weighted by Gasteiger charge is 2.58. The van der Waals surface area contributed by atoms with E-state index in [4.69, 9.17) is 4.42 Å². The van der Waals surface area contributed by atoms with Gasteiger partial charge in [-0.1, -0.05) is 158 Å². The minimum absolute atomic E-state index is 0.0306. The zero-order valence-corrected chi connectivity index (χ0v) is 46.2. The Hall–Kier alpha value is -5.72. The van der Waals surface area contributed by atoms with Crippen LogP contribution in [0.2, 0.25) is 11.6 Å². The molecule has 7 aromatic rings. The van der Waals surface area contributed by atoms with E-state index in [9.17, 15) is 0 Å². The van der Waals surface area contributed by atoms with Gasteiger partial charge in [0.15, 0.2) is 0 Å². The van der Waals surface area contributed by atoms with Crippen LogP contribution >= 0.6 is 11.3 Å². The summed E-state index contributed by atoms with van der Waals surface area (Å²) in [6, 6.07) is 45.4. The van der Waals surface area contributed by atoms with Crippen LogP contribution in [0.25, 0.3) is 27.1 Å². The van der Waals surface area contributed by atoms with Crippen LogP contribution in [-0.2, 0) is 10.8 Å². The standard InChI is InChI=1S/C67H76BN3OS/c1-43-29-31-45(32-30-43)69-67(11)42-54-53(65(7,8)36-37-66(54,9)10)41-59(67)68-44(2)55(33-38-70(46-21-14-12-15-22-46)47-23-16-13-17-24-47)71(56-27-20-26-49-48-25-18-19-28-58(48)73-61(49)56)60-50-39-51-52(40-57(50)72-62(60)68)64(5,6)35-34-63(51,3)4/h12-26,28-33,39-41,44,54,56,59,69H,27,34-38,42H2,1-11H3/b55-33+. The van der Waals surface area contributed by atoms with Gasteiger partial charge in [-0.2, -0.15) is 0 Å². The van der Waals surface area contributed by atoms with Gasteiger partial charge in [-0.3, -0.25) is 0 Å². The van der Waals surface area contributed by atoms with E-state index < -0.39 is 0 Å². The molecule has 374 valence electrons. The van der Waals surface area contributed by atoms with Crippen LogP contribution in [0.3, 0.4) is 0 Å². The fraction of sp³-hybridized carbons (Fsp3) is 0.403. The van der Waals surface area contributed by atoms with Gasteiger partial charge in [0.25, 0.3) is 0 Å². The van der Waals surface area contributed by atoms with E-state index in [0.717, 1.165) is 36.9 Å². The summed E-state index contributed by atoms with van der Waals surface area (Å²) in [7, 11) is 0. The lowest BCUT2D eigenvalue weighted by atomic mass is 9.26. The fourth-order valence-electron chi connectivity index (χ4n) is 14.5. The summed E-state index contributed by atoms with van der Waals surface area (Å²) in [6.07, 6.45) is 17.0. The van der Waals surface area contributed by atoms with Gasteiger partial charge in [-0.25, -0.2) is 0 Å². The third-order valence-electron chi connectivity index (χ3n) is 19.1. The highest BCUT2D eigenvalue weighted by molar-refractivity contribution is 7.19. The Morgan fingerprint density at radius 1 is 0.740 bits per heavy atom. The summed E-state index contributed by atoms with van der Waals surface area (Å²) in [4.78, 5) is 6.78. The molecule has 4 nitrogen and oxygen atoms in total. The number of nitrogens with one attached hydrogen (secondary N) is 1. The minimum Gasteiger partial charge on any atom is -0.469 e. The number of hydrogen-bond donors (Lipinski definition) is 1. The van der Waals surface area contributed by atoms with Gasteiger partial charge < -0.3 is 19.5 Å². The van der Waals surface area contributed by atoms with Gasteiger partial charge in [-0.15, -0.1) is 11.3 Å². The average molecular weight is 982 g/mol. The fourth-order valence-corrected chi connectivity index (χ4v) is 15.8. The molecule has 5 atom stereocenters. The quantitative estimate of drug-likeness (QED) is 0.121. The summed E-state index contributed by atoms with van der Waals surface area (Å²) < 4.78 is 9.23. The number of furan rings is 1. The molecule has 0 amide bonds. The highest BCUT2D eigenvalue weighted by Crippen LogP contribution is 2.62. The molecule has 0 bridgehead atoms. The first-order valence-electron chi connectivity index (χ1n) is 27.6. The average Bonchev–Trinajstić information content (AvgIpc) is 3.94. The molecule has 1 fully saturated rings. The molecule has 3 heterocycles. The summed E-state index contributed by atoms with van der Waals surface area (Å²) >= 11 is 1.99. The molecule has 5 aliphatic rings. The zero-order chi connectivity index (χ0) is 50.8. The molecule has 0 radical (unpaired) electrons. The number of benzene rings is 5. The maximum Gasteiger partial charge on any atom is 0.243 e. The van der Waals surface area contributed by atoms with Crippen molar-refractivity contribution in [1.29, 1.82) is 0 Å². The van der Waals surface area contributed by atoms with Crippen LogP contribution in [0, 0.1) is 23.7 Å². The first-order chi connectivity index (χ1) is 34.8. The van der Waals surface area contributed by atoms with E-state index in [0.29, 0.717) is 12.5 Å². The Kier molecular flexibility index (Phi) is 11.5. The lowest BCUT2D eigenvalue weighted by molar-refractivity contribution is 0.0934. The number of thiophene rings is 1. The summed E-state index contributed by atoms with van der Waals surface area (Å²) in [5, 5.41) is 6.97. The van der Waals surface area contributed by atoms with Crippen LogP contribution < -0.4 is 20.8 Å². The molecule has 1 aliphatic heterocycles. The SMILES string of the molecule is Cc1ccc(NC2(C)CC3C(=CC2B2c4oc5cc6c(cc5c4N(C4CC=Cc5c4sc4ccccc54)/C(=C/CN(c4ccccc4)c4ccccc4)C2C)C(C)(C)CCC6(C)C)C(C)(C)CCC3(C)C)cc1. The van der Waals surface area contributed by atoms with E-state index in [1.165, 1.54) is 83.9 Å². The molecule has 1 N–H and O–H groups in total. The molecule has 0 spiro atoms. The van der Waals surface area contributed by atoms with E-state index in [1.807, 2.05) is 11.3 Å². The zero-order valence-electron chi connectivity index (χ0n) is 45.4. The Morgan fingerprint density at radius 2 is 1.37 bits per heavy atom. The van der Waals surface area contributed by atoms with Crippen molar-refractivity contribution in [1.82, 2.24) is 0 Å². The second-order valence-electron chi connectivity index (χ2n) is 25.8. The van der Waals surface area contributed by atoms with E-state index >= 15 is 0 Å². The molecule has 6 heteroatoms. The first kappa shape index (κ1) is 48.2. The van der Waals surface area contributed by atoms with Gasteiger partial charge in [0.1, 0.15) is 5.58 Å². The lowest BCUT2D eigenvalue weighted by Gasteiger charge is -2.57. The van der Waals surface area contributed by atoms with Gasteiger partial charge in [0, 0.05) is 55.2 Å². The summed E-state index contributed by atoms with van der Waals surface area (Å²) in [5.41, 5.74) is 15.7. The first-order valence-corrected chi connectivity index (χ1v) is 28.4.